The molecule has 1 N–H and O–H groups in total. The standard InChI is InChI=1S/C22H23NO3/c1-21-11-22(12-21,14-24)23(13-21)20(25)26-10-19-17-8-4-2-6-15(17)16-7-3-5-9-18(16)19/h2-9,19,24H,10-14H2,1H3. The fourth-order valence-corrected chi connectivity index (χ4v) is 5.52. The number of amides is 1. The van der Waals surface area contributed by atoms with E-state index in [4.69, 9.17) is 4.74 Å². The highest BCUT2D eigenvalue weighted by Gasteiger charge is 2.64. The molecule has 0 unspecified atom stereocenters. The van der Waals surface area contributed by atoms with E-state index >= 15 is 0 Å². The number of carbonyl (C=O) groups is 1. The molecule has 2 aliphatic heterocycles. The first-order valence-electron chi connectivity index (χ1n) is 9.29. The van der Waals surface area contributed by atoms with Gasteiger partial charge in [-0.05, 0) is 40.5 Å². The van der Waals surface area contributed by atoms with Crippen molar-refractivity contribution in [2.45, 2.75) is 31.2 Å². The summed E-state index contributed by atoms with van der Waals surface area (Å²) in [6, 6.07) is 16.7. The smallest absolute Gasteiger partial charge is 0.410 e. The number of nitrogens with zero attached hydrogens (tertiary/aromatic N) is 1. The van der Waals surface area contributed by atoms with Gasteiger partial charge < -0.3 is 9.84 Å². The first-order chi connectivity index (χ1) is 12.6. The van der Waals surface area contributed by atoms with Crippen molar-refractivity contribution in [1.82, 2.24) is 4.90 Å². The van der Waals surface area contributed by atoms with Gasteiger partial charge in [0.15, 0.2) is 0 Å². The molecule has 26 heavy (non-hydrogen) atoms. The maximum atomic E-state index is 12.8. The molecule has 2 bridgehead atoms. The highest BCUT2D eigenvalue weighted by Crippen LogP contribution is 2.59. The summed E-state index contributed by atoms with van der Waals surface area (Å²) in [7, 11) is 0. The van der Waals surface area contributed by atoms with E-state index in [9.17, 15) is 9.90 Å². The fraction of sp³-hybridized carbons (Fsp3) is 0.409. The molecule has 4 aliphatic rings. The third kappa shape index (κ3) is 2.08. The second-order valence-electron chi connectivity index (χ2n) is 8.44. The van der Waals surface area contributed by atoms with E-state index in [1.54, 1.807) is 4.90 Å². The van der Waals surface area contributed by atoms with Gasteiger partial charge in [-0.1, -0.05) is 55.5 Å². The molecule has 2 heterocycles. The fourth-order valence-electron chi connectivity index (χ4n) is 5.52. The summed E-state index contributed by atoms with van der Waals surface area (Å²) in [5.41, 5.74) is 4.65. The Kier molecular flexibility index (Phi) is 3.26. The summed E-state index contributed by atoms with van der Waals surface area (Å²) in [6.07, 6.45) is 1.46. The molecule has 6 rings (SSSR count). The molecule has 1 amide bonds. The quantitative estimate of drug-likeness (QED) is 0.917. The lowest BCUT2D eigenvalue weighted by Crippen LogP contribution is -2.53. The minimum absolute atomic E-state index is 0.0206. The van der Waals surface area contributed by atoms with Crippen LogP contribution in [0.1, 0.15) is 36.8 Å². The lowest BCUT2D eigenvalue weighted by atomic mass is 9.63. The second-order valence-corrected chi connectivity index (χ2v) is 8.44. The van der Waals surface area contributed by atoms with Crippen LogP contribution < -0.4 is 0 Å². The van der Waals surface area contributed by atoms with Gasteiger partial charge in [-0.3, -0.25) is 4.90 Å². The van der Waals surface area contributed by atoms with Crippen LogP contribution in [0.15, 0.2) is 48.5 Å². The lowest BCUT2D eigenvalue weighted by Gasteiger charge is -2.44. The van der Waals surface area contributed by atoms with Crippen LogP contribution in [0.3, 0.4) is 0 Å². The van der Waals surface area contributed by atoms with Crippen LogP contribution in [-0.4, -0.2) is 41.4 Å². The highest BCUT2D eigenvalue weighted by molar-refractivity contribution is 5.79. The number of hydrogen-bond acceptors (Lipinski definition) is 3. The molecule has 4 heteroatoms. The zero-order chi connectivity index (χ0) is 17.9. The molecule has 1 saturated carbocycles. The molecular formula is C22H23NO3. The summed E-state index contributed by atoms with van der Waals surface area (Å²) in [4.78, 5) is 14.5. The molecule has 0 aromatic heterocycles. The molecule has 4 nitrogen and oxygen atoms in total. The van der Waals surface area contributed by atoms with E-state index < -0.39 is 5.54 Å². The third-order valence-electron chi connectivity index (χ3n) is 6.47. The predicted molar refractivity (Wildman–Crippen MR) is 98.9 cm³/mol. The number of hydrogen-bond donors (Lipinski definition) is 1. The average Bonchev–Trinajstić information content (AvgIpc) is 3.23. The first kappa shape index (κ1) is 15.9. The number of aliphatic hydroxyl groups is 1. The first-order valence-corrected chi connectivity index (χ1v) is 9.29. The van der Waals surface area contributed by atoms with Crippen LogP contribution in [0.25, 0.3) is 11.1 Å². The Morgan fingerprint density at radius 3 is 2.27 bits per heavy atom. The molecule has 134 valence electrons. The van der Waals surface area contributed by atoms with E-state index in [1.165, 1.54) is 22.3 Å². The minimum Gasteiger partial charge on any atom is -0.448 e. The zero-order valence-electron chi connectivity index (χ0n) is 14.9. The minimum atomic E-state index is -0.392. The Balaban J connectivity index is 1.37. The van der Waals surface area contributed by atoms with Gasteiger partial charge in [-0.2, -0.15) is 0 Å². The Labute approximate surface area is 153 Å². The summed E-state index contributed by atoms with van der Waals surface area (Å²) >= 11 is 0. The summed E-state index contributed by atoms with van der Waals surface area (Å²) < 4.78 is 5.77. The van der Waals surface area contributed by atoms with Crippen molar-refractivity contribution < 1.29 is 14.6 Å². The van der Waals surface area contributed by atoms with Gasteiger partial charge in [-0.15, -0.1) is 0 Å². The second kappa shape index (κ2) is 5.34. The zero-order valence-corrected chi connectivity index (χ0v) is 14.9. The number of ether oxygens (including phenoxy) is 1. The van der Waals surface area contributed by atoms with Crippen molar-refractivity contribution in [1.29, 1.82) is 0 Å². The molecule has 0 radical (unpaired) electrons. The summed E-state index contributed by atoms with van der Waals surface area (Å²) in [5, 5.41) is 9.79. The Bertz CT molecular complexity index is 839. The number of fused-ring (bicyclic) bond motifs is 4. The van der Waals surface area contributed by atoms with Gasteiger partial charge in [0.05, 0.1) is 12.1 Å². The Hall–Kier alpha value is -2.33. The number of carbonyl (C=O) groups excluding carboxylic acids is 1. The van der Waals surface area contributed by atoms with E-state index in [2.05, 4.69) is 31.2 Å². The molecule has 3 fully saturated rings. The van der Waals surface area contributed by atoms with E-state index in [0.717, 1.165) is 12.8 Å². The van der Waals surface area contributed by atoms with Gasteiger partial charge >= 0.3 is 6.09 Å². The molecule has 2 saturated heterocycles. The monoisotopic (exact) mass is 349 g/mol. The summed E-state index contributed by atoms with van der Waals surface area (Å²) in [5.74, 6) is 0.0737. The van der Waals surface area contributed by atoms with Crippen LogP contribution in [0.2, 0.25) is 0 Å². The van der Waals surface area contributed by atoms with Gasteiger partial charge in [0.2, 0.25) is 0 Å². The average molecular weight is 349 g/mol. The van der Waals surface area contributed by atoms with Crippen molar-refractivity contribution in [2.24, 2.45) is 5.41 Å². The SMILES string of the molecule is CC12CN(C(=O)OCC3c4ccccc4-c4ccccc43)C(CO)(C1)C2. The maximum Gasteiger partial charge on any atom is 0.410 e. The molecule has 0 spiro atoms. The third-order valence-corrected chi connectivity index (χ3v) is 6.47. The summed E-state index contributed by atoms with van der Waals surface area (Å²) in [6.45, 7) is 3.22. The van der Waals surface area contributed by atoms with Gasteiger partial charge in [-0.25, -0.2) is 4.79 Å². The Morgan fingerprint density at radius 2 is 1.69 bits per heavy atom. The normalized spacial score (nSPS) is 28.5. The molecular weight excluding hydrogens is 326 g/mol. The van der Waals surface area contributed by atoms with E-state index in [0.29, 0.717) is 13.2 Å². The number of rotatable bonds is 3. The topological polar surface area (TPSA) is 49.8 Å². The van der Waals surface area contributed by atoms with Crippen LogP contribution in [-0.2, 0) is 4.74 Å². The van der Waals surface area contributed by atoms with Crippen molar-refractivity contribution in [3.63, 3.8) is 0 Å². The Morgan fingerprint density at radius 1 is 1.12 bits per heavy atom. The van der Waals surface area contributed by atoms with Gasteiger partial charge in [0.1, 0.15) is 6.61 Å². The van der Waals surface area contributed by atoms with E-state index in [-0.39, 0.29) is 24.0 Å². The van der Waals surface area contributed by atoms with Crippen molar-refractivity contribution in [2.75, 3.05) is 19.8 Å². The molecule has 2 aliphatic carbocycles. The van der Waals surface area contributed by atoms with Gasteiger partial charge in [0.25, 0.3) is 0 Å². The van der Waals surface area contributed by atoms with Crippen molar-refractivity contribution in [3.8, 4) is 11.1 Å². The number of benzene rings is 2. The molecule has 2 aromatic carbocycles. The van der Waals surface area contributed by atoms with Gasteiger partial charge in [0, 0.05) is 12.5 Å². The largest absolute Gasteiger partial charge is 0.448 e. The predicted octanol–water partition coefficient (Wildman–Crippen LogP) is 3.78. The van der Waals surface area contributed by atoms with Crippen LogP contribution in [0.4, 0.5) is 4.79 Å². The lowest BCUT2D eigenvalue weighted by molar-refractivity contribution is 0.00798. The van der Waals surface area contributed by atoms with Crippen molar-refractivity contribution >= 4 is 6.09 Å². The highest BCUT2D eigenvalue weighted by atomic mass is 16.6. The molecule has 0 atom stereocenters. The van der Waals surface area contributed by atoms with Crippen LogP contribution >= 0.6 is 0 Å². The van der Waals surface area contributed by atoms with E-state index in [1.807, 2.05) is 24.3 Å². The number of aliphatic hydroxyl groups excluding tert-OH is 1. The van der Waals surface area contributed by atoms with Crippen LogP contribution in [0, 0.1) is 5.41 Å². The van der Waals surface area contributed by atoms with Crippen LogP contribution in [0.5, 0.6) is 0 Å². The maximum absolute atomic E-state index is 12.8. The molecule has 2 aromatic rings. The van der Waals surface area contributed by atoms with Crippen molar-refractivity contribution in [3.05, 3.63) is 59.7 Å².